The van der Waals surface area contributed by atoms with E-state index in [2.05, 4.69) is 53.7 Å². The van der Waals surface area contributed by atoms with Gasteiger partial charge in [0.2, 0.25) is 0 Å². The van der Waals surface area contributed by atoms with E-state index in [0.717, 1.165) is 31.6 Å². The van der Waals surface area contributed by atoms with Crippen molar-refractivity contribution in [1.82, 2.24) is 0 Å². The molecule has 36 heavy (non-hydrogen) atoms. The third-order valence-electron chi connectivity index (χ3n) is 11.7. The number of fused-ring (bicyclic) bond motifs is 5. The van der Waals surface area contributed by atoms with Gasteiger partial charge in [-0.15, -0.1) is 0 Å². The number of rotatable bonds is 6. The molecule has 0 saturated heterocycles. The van der Waals surface area contributed by atoms with Crippen molar-refractivity contribution in [3.8, 4) is 0 Å². The SMILES string of the molecule is CC(=O)OC1CCC2(C)C(C1)C(OC(C)=O)CC1C3CCC(C(C)C=CC(C)C(C)C)C3(C)CCC12. The van der Waals surface area contributed by atoms with E-state index in [0.29, 0.717) is 40.9 Å². The van der Waals surface area contributed by atoms with Crippen LogP contribution in [0.2, 0.25) is 0 Å². The fourth-order valence-electron chi connectivity index (χ4n) is 9.53. The Bertz CT molecular complexity index is 847. The maximum absolute atomic E-state index is 12.2. The first-order valence-corrected chi connectivity index (χ1v) is 14.9. The minimum absolute atomic E-state index is 0.0410. The van der Waals surface area contributed by atoms with Crippen molar-refractivity contribution in [3.63, 3.8) is 0 Å². The molecule has 0 bridgehead atoms. The van der Waals surface area contributed by atoms with Crippen molar-refractivity contribution in [1.29, 1.82) is 0 Å². The number of carbonyl (C=O) groups is 2. The second-order valence-electron chi connectivity index (χ2n) is 14.0. The van der Waals surface area contributed by atoms with Gasteiger partial charge in [0.25, 0.3) is 0 Å². The van der Waals surface area contributed by atoms with Crippen molar-refractivity contribution >= 4 is 11.9 Å². The molecule has 0 aromatic heterocycles. The molecule has 4 nitrogen and oxygen atoms in total. The quantitative estimate of drug-likeness (QED) is 0.278. The Hall–Kier alpha value is -1.32. The molecule has 4 aliphatic carbocycles. The van der Waals surface area contributed by atoms with E-state index in [-0.39, 0.29) is 35.5 Å². The lowest BCUT2D eigenvalue weighted by molar-refractivity contribution is -0.196. The molecule has 11 atom stereocenters. The number of allylic oxidation sites excluding steroid dienone is 2. The lowest BCUT2D eigenvalue weighted by Crippen LogP contribution is -2.59. The average Bonchev–Trinajstić information content (AvgIpc) is 3.14. The van der Waals surface area contributed by atoms with E-state index in [1.54, 1.807) is 6.92 Å². The number of carbonyl (C=O) groups excluding carboxylic acids is 2. The molecule has 0 spiro atoms. The van der Waals surface area contributed by atoms with Crippen molar-refractivity contribution in [2.75, 3.05) is 0 Å². The van der Waals surface area contributed by atoms with E-state index in [9.17, 15) is 9.59 Å². The first kappa shape index (κ1) is 27.7. The average molecular weight is 501 g/mol. The Morgan fingerprint density at radius 2 is 1.42 bits per heavy atom. The molecular weight excluding hydrogens is 448 g/mol. The van der Waals surface area contributed by atoms with E-state index >= 15 is 0 Å². The van der Waals surface area contributed by atoms with Crippen LogP contribution >= 0.6 is 0 Å². The standard InChI is InChI=1S/C32H52O4/c1-19(2)20(3)9-10-21(4)26-11-12-27-25-18-30(36-23(6)34)29-17-24(35-22(5)33)13-15-32(29,8)28(25)14-16-31(26,27)7/h9-10,19-21,24-30H,11-18H2,1-8H3. The molecule has 4 fully saturated rings. The van der Waals surface area contributed by atoms with Gasteiger partial charge in [0.05, 0.1) is 0 Å². The van der Waals surface area contributed by atoms with Gasteiger partial charge in [-0.3, -0.25) is 9.59 Å². The summed E-state index contributed by atoms with van der Waals surface area (Å²) < 4.78 is 11.7. The van der Waals surface area contributed by atoms with Crippen LogP contribution in [0.4, 0.5) is 0 Å². The Balaban J connectivity index is 1.57. The summed E-state index contributed by atoms with van der Waals surface area (Å²) in [6, 6.07) is 0. The fraction of sp³-hybridized carbons (Fsp3) is 0.875. The maximum atomic E-state index is 12.2. The van der Waals surface area contributed by atoms with Crippen LogP contribution in [0.1, 0.15) is 107 Å². The molecule has 11 unspecified atom stereocenters. The Labute approximate surface area is 220 Å². The van der Waals surface area contributed by atoms with Gasteiger partial charge >= 0.3 is 11.9 Å². The highest BCUT2D eigenvalue weighted by Gasteiger charge is 2.63. The Kier molecular flexibility index (Phi) is 8.04. The summed E-state index contributed by atoms with van der Waals surface area (Å²) in [7, 11) is 0. The minimum Gasteiger partial charge on any atom is -0.463 e. The smallest absolute Gasteiger partial charge is 0.302 e. The highest BCUT2D eigenvalue weighted by molar-refractivity contribution is 5.66. The fourth-order valence-corrected chi connectivity index (χ4v) is 9.53. The molecule has 4 rings (SSSR count). The zero-order chi connectivity index (χ0) is 26.4. The summed E-state index contributed by atoms with van der Waals surface area (Å²) in [6.45, 7) is 17.5. The van der Waals surface area contributed by atoms with Crippen molar-refractivity contribution in [2.24, 2.45) is 58.2 Å². The zero-order valence-electron chi connectivity index (χ0n) is 24.2. The van der Waals surface area contributed by atoms with Crippen LogP contribution in [-0.4, -0.2) is 24.1 Å². The van der Waals surface area contributed by atoms with Gasteiger partial charge in [0, 0.05) is 19.8 Å². The number of esters is 2. The molecule has 204 valence electrons. The van der Waals surface area contributed by atoms with E-state index in [4.69, 9.17) is 9.47 Å². The molecule has 4 heteroatoms. The summed E-state index contributed by atoms with van der Waals surface area (Å²) in [5.74, 6) is 4.56. The molecule has 0 aromatic rings. The maximum Gasteiger partial charge on any atom is 0.302 e. The molecule has 0 radical (unpaired) electrons. The highest BCUT2D eigenvalue weighted by Crippen LogP contribution is 2.68. The van der Waals surface area contributed by atoms with Crippen LogP contribution in [0.3, 0.4) is 0 Å². The third kappa shape index (κ3) is 5.04. The topological polar surface area (TPSA) is 52.6 Å². The van der Waals surface area contributed by atoms with Crippen molar-refractivity contribution in [2.45, 2.75) is 119 Å². The second-order valence-corrected chi connectivity index (χ2v) is 14.0. The first-order valence-electron chi connectivity index (χ1n) is 14.9. The number of hydrogen-bond donors (Lipinski definition) is 0. The molecule has 0 aliphatic heterocycles. The van der Waals surface area contributed by atoms with Gasteiger partial charge in [-0.1, -0.05) is 53.7 Å². The minimum atomic E-state index is -0.197. The first-order chi connectivity index (χ1) is 16.9. The third-order valence-corrected chi connectivity index (χ3v) is 11.7. The van der Waals surface area contributed by atoms with Crippen molar-refractivity contribution in [3.05, 3.63) is 12.2 Å². The summed E-state index contributed by atoms with van der Waals surface area (Å²) >= 11 is 0. The molecule has 0 N–H and O–H groups in total. The van der Waals surface area contributed by atoms with Crippen LogP contribution in [0, 0.1) is 58.2 Å². The zero-order valence-corrected chi connectivity index (χ0v) is 24.2. The summed E-state index contributed by atoms with van der Waals surface area (Å²) in [4.78, 5) is 23.9. The molecule has 0 heterocycles. The summed E-state index contributed by atoms with van der Waals surface area (Å²) in [5.41, 5.74) is 0.516. The van der Waals surface area contributed by atoms with Gasteiger partial charge in [-0.05, 0) is 104 Å². The predicted octanol–water partition coefficient (Wildman–Crippen LogP) is 7.60. The van der Waals surface area contributed by atoms with Crippen LogP contribution in [0.15, 0.2) is 12.2 Å². The van der Waals surface area contributed by atoms with Gasteiger partial charge in [0.15, 0.2) is 0 Å². The van der Waals surface area contributed by atoms with E-state index < -0.39 is 0 Å². The second kappa shape index (κ2) is 10.4. The lowest BCUT2D eigenvalue weighted by atomic mass is 9.43. The number of ether oxygens (including phenoxy) is 2. The monoisotopic (exact) mass is 500 g/mol. The lowest BCUT2D eigenvalue weighted by Gasteiger charge is -2.62. The normalized spacial score (nSPS) is 43.9. The van der Waals surface area contributed by atoms with Crippen LogP contribution in [-0.2, 0) is 19.1 Å². The highest BCUT2D eigenvalue weighted by atomic mass is 16.5. The van der Waals surface area contributed by atoms with Gasteiger partial charge in [-0.25, -0.2) is 0 Å². The largest absolute Gasteiger partial charge is 0.463 e. The Morgan fingerprint density at radius 1 is 0.778 bits per heavy atom. The van der Waals surface area contributed by atoms with E-state index in [1.165, 1.54) is 32.6 Å². The van der Waals surface area contributed by atoms with Crippen LogP contribution < -0.4 is 0 Å². The summed E-state index contributed by atoms with van der Waals surface area (Å²) in [5, 5.41) is 0. The predicted molar refractivity (Wildman–Crippen MR) is 144 cm³/mol. The van der Waals surface area contributed by atoms with Crippen LogP contribution in [0.25, 0.3) is 0 Å². The van der Waals surface area contributed by atoms with Crippen LogP contribution in [0.5, 0.6) is 0 Å². The van der Waals surface area contributed by atoms with Gasteiger partial charge < -0.3 is 9.47 Å². The molecular formula is C32H52O4. The molecule has 0 amide bonds. The molecule has 0 aromatic carbocycles. The Morgan fingerprint density at radius 3 is 2.06 bits per heavy atom. The molecule has 4 aliphatic rings. The van der Waals surface area contributed by atoms with Crippen molar-refractivity contribution < 1.29 is 19.1 Å². The van der Waals surface area contributed by atoms with E-state index in [1.807, 2.05) is 0 Å². The molecule has 4 saturated carbocycles. The van der Waals surface area contributed by atoms with Gasteiger partial charge in [-0.2, -0.15) is 0 Å². The number of hydrogen-bond acceptors (Lipinski definition) is 4. The summed E-state index contributed by atoms with van der Waals surface area (Å²) in [6.07, 6.45) is 13.9. The van der Waals surface area contributed by atoms with Gasteiger partial charge in [0.1, 0.15) is 12.2 Å².